The molecule has 0 atom stereocenters. The van der Waals surface area contributed by atoms with Gasteiger partial charge in [0.25, 0.3) is 5.91 Å². The fourth-order valence-electron chi connectivity index (χ4n) is 2.39. The minimum atomic E-state index is -0.278. The standard InChI is InChI=1S/C15H25N3O2/c1-14(2,3)12-9-11(17(6)16-12)13(19)18-7-8-20-15(4,5)10-18/h9H,7-8,10H2,1-6H3. The molecule has 2 rings (SSSR count). The van der Waals surface area contributed by atoms with E-state index in [-0.39, 0.29) is 16.9 Å². The minimum Gasteiger partial charge on any atom is -0.372 e. The van der Waals surface area contributed by atoms with Gasteiger partial charge >= 0.3 is 0 Å². The van der Waals surface area contributed by atoms with Crippen LogP contribution in [-0.4, -0.2) is 45.9 Å². The van der Waals surface area contributed by atoms with Crippen LogP contribution in [0.4, 0.5) is 0 Å². The number of rotatable bonds is 1. The number of aromatic nitrogens is 2. The van der Waals surface area contributed by atoms with Gasteiger partial charge in [-0.3, -0.25) is 9.48 Å². The smallest absolute Gasteiger partial charge is 0.272 e. The molecular formula is C15H25N3O2. The van der Waals surface area contributed by atoms with Crippen LogP contribution >= 0.6 is 0 Å². The number of hydrogen-bond acceptors (Lipinski definition) is 3. The summed E-state index contributed by atoms with van der Waals surface area (Å²) < 4.78 is 7.34. The first-order chi connectivity index (χ1) is 9.10. The summed E-state index contributed by atoms with van der Waals surface area (Å²) in [5, 5.41) is 4.47. The largest absolute Gasteiger partial charge is 0.372 e. The van der Waals surface area contributed by atoms with E-state index in [0.29, 0.717) is 25.4 Å². The summed E-state index contributed by atoms with van der Waals surface area (Å²) >= 11 is 0. The molecule has 0 aromatic carbocycles. The van der Waals surface area contributed by atoms with Crippen molar-refractivity contribution in [3.05, 3.63) is 17.5 Å². The lowest BCUT2D eigenvalue weighted by molar-refractivity contribution is -0.0765. The molecule has 0 N–H and O–H groups in total. The van der Waals surface area contributed by atoms with Gasteiger partial charge in [0.2, 0.25) is 0 Å². The van der Waals surface area contributed by atoms with E-state index in [4.69, 9.17) is 4.74 Å². The zero-order valence-corrected chi connectivity index (χ0v) is 13.4. The molecule has 20 heavy (non-hydrogen) atoms. The predicted octanol–water partition coefficient (Wildman–Crippen LogP) is 1.97. The third-order valence-electron chi connectivity index (χ3n) is 3.58. The molecule has 0 spiro atoms. The van der Waals surface area contributed by atoms with Gasteiger partial charge in [0.1, 0.15) is 5.69 Å². The molecule has 0 bridgehead atoms. The summed E-state index contributed by atoms with van der Waals surface area (Å²) in [6.45, 7) is 12.2. The van der Waals surface area contributed by atoms with Crippen LogP contribution in [0.1, 0.15) is 50.8 Å². The van der Waals surface area contributed by atoms with Crippen molar-refractivity contribution < 1.29 is 9.53 Å². The Morgan fingerprint density at radius 1 is 1.40 bits per heavy atom. The Balaban J connectivity index is 2.23. The number of morpholine rings is 1. The van der Waals surface area contributed by atoms with Gasteiger partial charge in [0.15, 0.2) is 0 Å². The maximum absolute atomic E-state index is 12.7. The SMILES string of the molecule is Cn1nc(C(C)(C)C)cc1C(=O)N1CCOC(C)(C)C1. The summed E-state index contributed by atoms with van der Waals surface area (Å²) in [6, 6.07) is 1.91. The number of ether oxygens (including phenoxy) is 1. The lowest BCUT2D eigenvalue weighted by atomic mass is 9.92. The molecule has 0 unspecified atom stereocenters. The van der Waals surface area contributed by atoms with E-state index in [9.17, 15) is 4.79 Å². The molecule has 1 aliphatic rings. The zero-order valence-electron chi connectivity index (χ0n) is 13.4. The third-order valence-corrected chi connectivity index (χ3v) is 3.58. The Labute approximate surface area is 120 Å². The molecule has 2 heterocycles. The highest BCUT2D eigenvalue weighted by Gasteiger charge is 2.32. The van der Waals surface area contributed by atoms with E-state index in [1.165, 1.54) is 0 Å². The Morgan fingerprint density at radius 2 is 2.05 bits per heavy atom. The fourth-order valence-corrected chi connectivity index (χ4v) is 2.39. The number of aryl methyl sites for hydroxylation is 1. The Hall–Kier alpha value is -1.36. The number of carbonyl (C=O) groups is 1. The van der Waals surface area contributed by atoms with Crippen molar-refractivity contribution in [2.75, 3.05) is 19.7 Å². The van der Waals surface area contributed by atoms with Crippen LogP contribution in [0.3, 0.4) is 0 Å². The normalized spacial score (nSPS) is 19.2. The molecule has 112 valence electrons. The number of carbonyl (C=O) groups excluding carboxylic acids is 1. The first-order valence-corrected chi connectivity index (χ1v) is 7.08. The van der Waals surface area contributed by atoms with Crippen molar-refractivity contribution in [2.24, 2.45) is 7.05 Å². The molecule has 1 aromatic heterocycles. The van der Waals surface area contributed by atoms with Crippen LogP contribution in [0.25, 0.3) is 0 Å². The molecular weight excluding hydrogens is 254 g/mol. The van der Waals surface area contributed by atoms with Gasteiger partial charge in [0.05, 0.1) is 17.9 Å². The summed E-state index contributed by atoms with van der Waals surface area (Å²) in [4.78, 5) is 14.5. The Kier molecular flexibility index (Phi) is 3.67. The van der Waals surface area contributed by atoms with Crippen molar-refractivity contribution >= 4 is 5.91 Å². The van der Waals surface area contributed by atoms with Gasteiger partial charge in [-0.2, -0.15) is 5.10 Å². The third kappa shape index (κ3) is 3.03. The monoisotopic (exact) mass is 279 g/mol. The lowest BCUT2D eigenvalue weighted by Gasteiger charge is -2.38. The molecule has 1 amide bonds. The molecule has 1 saturated heterocycles. The van der Waals surface area contributed by atoms with Gasteiger partial charge in [-0.25, -0.2) is 0 Å². The molecule has 0 radical (unpaired) electrons. The lowest BCUT2D eigenvalue weighted by Crippen LogP contribution is -2.50. The average Bonchev–Trinajstić information content (AvgIpc) is 2.69. The molecule has 5 nitrogen and oxygen atoms in total. The molecule has 5 heteroatoms. The highest BCUT2D eigenvalue weighted by molar-refractivity contribution is 5.92. The summed E-state index contributed by atoms with van der Waals surface area (Å²) in [5.41, 5.74) is 1.25. The van der Waals surface area contributed by atoms with Crippen LogP contribution in [0, 0.1) is 0 Å². The zero-order chi connectivity index (χ0) is 15.1. The second-order valence-electron chi connectivity index (χ2n) is 7.12. The molecule has 0 aliphatic carbocycles. The quantitative estimate of drug-likeness (QED) is 0.789. The van der Waals surface area contributed by atoms with Gasteiger partial charge in [-0.1, -0.05) is 20.8 Å². The summed E-state index contributed by atoms with van der Waals surface area (Å²) in [6.07, 6.45) is 0. The summed E-state index contributed by atoms with van der Waals surface area (Å²) in [5.74, 6) is 0.0341. The van der Waals surface area contributed by atoms with E-state index in [1.807, 2.05) is 31.9 Å². The van der Waals surface area contributed by atoms with E-state index < -0.39 is 0 Å². The Bertz CT molecular complexity index is 512. The molecule has 0 saturated carbocycles. The average molecular weight is 279 g/mol. The van der Waals surface area contributed by atoms with Crippen LogP contribution in [-0.2, 0) is 17.2 Å². The van der Waals surface area contributed by atoms with E-state index >= 15 is 0 Å². The highest BCUT2D eigenvalue weighted by Crippen LogP contribution is 2.23. The van der Waals surface area contributed by atoms with Crippen LogP contribution < -0.4 is 0 Å². The molecule has 1 fully saturated rings. The van der Waals surface area contributed by atoms with Gasteiger partial charge in [-0.05, 0) is 19.9 Å². The molecule has 1 aliphatic heterocycles. The van der Waals surface area contributed by atoms with Crippen LogP contribution in [0.15, 0.2) is 6.07 Å². The van der Waals surface area contributed by atoms with Crippen LogP contribution in [0.5, 0.6) is 0 Å². The van der Waals surface area contributed by atoms with Crippen LogP contribution in [0.2, 0.25) is 0 Å². The summed E-state index contributed by atoms with van der Waals surface area (Å²) in [7, 11) is 1.83. The first kappa shape index (κ1) is 15.0. The minimum absolute atomic E-state index is 0.0341. The predicted molar refractivity (Wildman–Crippen MR) is 77.8 cm³/mol. The molecule has 1 aromatic rings. The van der Waals surface area contributed by atoms with Crippen molar-refractivity contribution in [3.63, 3.8) is 0 Å². The second-order valence-corrected chi connectivity index (χ2v) is 7.12. The second kappa shape index (κ2) is 4.88. The topological polar surface area (TPSA) is 47.4 Å². The van der Waals surface area contributed by atoms with E-state index in [1.54, 1.807) is 4.68 Å². The van der Waals surface area contributed by atoms with Crippen molar-refractivity contribution in [2.45, 2.75) is 45.6 Å². The maximum Gasteiger partial charge on any atom is 0.272 e. The van der Waals surface area contributed by atoms with Gasteiger partial charge in [0, 0.05) is 25.6 Å². The number of nitrogens with zero attached hydrogens (tertiary/aromatic N) is 3. The van der Waals surface area contributed by atoms with E-state index in [2.05, 4.69) is 25.9 Å². The first-order valence-electron chi connectivity index (χ1n) is 7.08. The Morgan fingerprint density at radius 3 is 2.55 bits per heavy atom. The highest BCUT2D eigenvalue weighted by atomic mass is 16.5. The fraction of sp³-hybridized carbons (Fsp3) is 0.733. The van der Waals surface area contributed by atoms with Gasteiger partial charge in [-0.15, -0.1) is 0 Å². The number of hydrogen-bond donors (Lipinski definition) is 0. The number of amides is 1. The maximum atomic E-state index is 12.7. The van der Waals surface area contributed by atoms with Gasteiger partial charge < -0.3 is 9.64 Å². The van der Waals surface area contributed by atoms with Crippen molar-refractivity contribution in [3.8, 4) is 0 Å². The van der Waals surface area contributed by atoms with E-state index in [0.717, 1.165) is 5.69 Å². The van der Waals surface area contributed by atoms with Crippen molar-refractivity contribution in [1.82, 2.24) is 14.7 Å². The van der Waals surface area contributed by atoms with Crippen molar-refractivity contribution in [1.29, 1.82) is 0 Å².